The van der Waals surface area contributed by atoms with Crippen molar-refractivity contribution in [1.29, 1.82) is 0 Å². The summed E-state index contributed by atoms with van der Waals surface area (Å²) < 4.78 is 30.5. The van der Waals surface area contributed by atoms with Crippen LogP contribution in [-0.4, -0.2) is 62.0 Å². The SMILES string of the molecule is CS(=O)(=O)Nc1ccc(NC(=O)Nc2ccc(-c3nc(N4CCOCC4)c4ncccc4n3)cc2)cc1. The average Bonchev–Trinajstić information content (AvgIpc) is 2.89. The minimum Gasteiger partial charge on any atom is -0.378 e. The molecule has 3 N–H and O–H groups in total. The lowest BCUT2D eigenvalue weighted by Crippen LogP contribution is -2.37. The third kappa shape index (κ3) is 6.11. The van der Waals surface area contributed by atoms with Crippen LogP contribution in [0.1, 0.15) is 0 Å². The molecule has 0 bridgehead atoms. The smallest absolute Gasteiger partial charge is 0.323 e. The van der Waals surface area contributed by atoms with Gasteiger partial charge in [0, 0.05) is 41.9 Å². The number of anilines is 4. The van der Waals surface area contributed by atoms with Crippen molar-refractivity contribution in [3.05, 3.63) is 66.9 Å². The first-order valence-electron chi connectivity index (χ1n) is 11.6. The monoisotopic (exact) mass is 519 g/mol. The number of nitrogens with one attached hydrogen (secondary N) is 3. The lowest BCUT2D eigenvalue weighted by atomic mass is 10.2. The van der Waals surface area contributed by atoms with Crippen LogP contribution < -0.4 is 20.3 Å². The van der Waals surface area contributed by atoms with Gasteiger partial charge in [-0.2, -0.15) is 0 Å². The molecule has 190 valence electrons. The maximum absolute atomic E-state index is 12.4. The van der Waals surface area contributed by atoms with Crippen LogP contribution in [0.4, 0.5) is 27.7 Å². The summed E-state index contributed by atoms with van der Waals surface area (Å²) in [6.07, 6.45) is 2.81. The molecule has 2 amide bonds. The molecule has 12 heteroatoms. The number of carbonyl (C=O) groups excluding carboxylic acids is 1. The number of pyridine rings is 1. The summed E-state index contributed by atoms with van der Waals surface area (Å²) >= 11 is 0. The van der Waals surface area contributed by atoms with Gasteiger partial charge in [-0.25, -0.2) is 23.2 Å². The van der Waals surface area contributed by atoms with E-state index in [2.05, 4.69) is 25.2 Å². The molecule has 0 atom stereocenters. The predicted molar refractivity (Wildman–Crippen MR) is 143 cm³/mol. The molecule has 0 aliphatic carbocycles. The van der Waals surface area contributed by atoms with Crippen LogP contribution in [0.2, 0.25) is 0 Å². The molecule has 1 aliphatic heterocycles. The highest BCUT2D eigenvalue weighted by Gasteiger charge is 2.19. The number of urea groups is 1. The van der Waals surface area contributed by atoms with E-state index in [1.165, 1.54) is 0 Å². The first-order valence-corrected chi connectivity index (χ1v) is 13.4. The van der Waals surface area contributed by atoms with Gasteiger partial charge in [-0.15, -0.1) is 0 Å². The predicted octanol–water partition coefficient (Wildman–Crippen LogP) is 3.54. The molecule has 3 heterocycles. The van der Waals surface area contributed by atoms with Gasteiger partial charge >= 0.3 is 6.03 Å². The first-order chi connectivity index (χ1) is 17.8. The molecule has 2 aromatic carbocycles. The molecular weight excluding hydrogens is 494 g/mol. The number of sulfonamides is 1. The Morgan fingerprint density at radius 1 is 0.892 bits per heavy atom. The standard InChI is InChI=1S/C25H25N7O4S/c1-37(34,35)31-20-10-8-19(9-11-20)28-25(33)27-18-6-4-17(5-7-18)23-29-21-3-2-12-26-22(21)24(30-23)32-13-15-36-16-14-32/h2-12,31H,13-16H2,1H3,(H2,27,28,33). The molecule has 2 aromatic heterocycles. The van der Waals surface area contributed by atoms with E-state index in [1.54, 1.807) is 42.6 Å². The van der Waals surface area contributed by atoms with Crippen LogP contribution in [0.3, 0.4) is 0 Å². The Morgan fingerprint density at radius 3 is 2.16 bits per heavy atom. The van der Waals surface area contributed by atoms with Crippen LogP contribution in [0.5, 0.6) is 0 Å². The number of hydrogen-bond donors (Lipinski definition) is 3. The van der Waals surface area contributed by atoms with Crippen molar-refractivity contribution in [1.82, 2.24) is 15.0 Å². The minimum atomic E-state index is -3.37. The highest BCUT2D eigenvalue weighted by Crippen LogP contribution is 2.27. The van der Waals surface area contributed by atoms with E-state index >= 15 is 0 Å². The second kappa shape index (κ2) is 10.4. The van der Waals surface area contributed by atoms with Gasteiger partial charge in [0.25, 0.3) is 0 Å². The third-order valence-corrected chi connectivity index (χ3v) is 6.20. The number of ether oxygens (including phenoxy) is 1. The van der Waals surface area contributed by atoms with E-state index in [0.29, 0.717) is 36.1 Å². The molecule has 5 rings (SSSR count). The number of morpholine rings is 1. The van der Waals surface area contributed by atoms with Gasteiger partial charge in [-0.1, -0.05) is 0 Å². The third-order valence-electron chi connectivity index (χ3n) is 5.59. The zero-order valence-electron chi connectivity index (χ0n) is 20.0. The van der Waals surface area contributed by atoms with Crippen LogP contribution in [0.25, 0.3) is 22.4 Å². The molecule has 4 aromatic rings. The summed E-state index contributed by atoms with van der Waals surface area (Å²) in [6, 6.07) is 16.9. The molecule has 37 heavy (non-hydrogen) atoms. The van der Waals surface area contributed by atoms with Crippen molar-refractivity contribution in [2.75, 3.05) is 52.8 Å². The van der Waals surface area contributed by atoms with Crippen molar-refractivity contribution in [3.8, 4) is 11.4 Å². The van der Waals surface area contributed by atoms with Gasteiger partial charge in [-0.05, 0) is 60.7 Å². The van der Waals surface area contributed by atoms with Crippen LogP contribution in [-0.2, 0) is 14.8 Å². The fourth-order valence-corrected chi connectivity index (χ4v) is 4.47. The zero-order valence-corrected chi connectivity index (χ0v) is 20.8. The summed E-state index contributed by atoms with van der Waals surface area (Å²) in [7, 11) is -3.37. The van der Waals surface area contributed by atoms with E-state index in [-0.39, 0.29) is 0 Å². The Balaban J connectivity index is 1.29. The summed E-state index contributed by atoms with van der Waals surface area (Å²) in [5.74, 6) is 1.35. The maximum atomic E-state index is 12.4. The summed E-state index contributed by atoms with van der Waals surface area (Å²) in [4.78, 5) is 28.6. The van der Waals surface area contributed by atoms with Gasteiger partial charge < -0.3 is 20.3 Å². The zero-order chi connectivity index (χ0) is 25.8. The Kier molecular flexibility index (Phi) is 6.84. The van der Waals surface area contributed by atoms with E-state index in [9.17, 15) is 13.2 Å². The lowest BCUT2D eigenvalue weighted by Gasteiger charge is -2.28. The van der Waals surface area contributed by atoms with Crippen molar-refractivity contribution >= 4 is 50.0 Å². The lowest BCUT2D eigenvalue weighted by molar-refractivity contribution is 0.122. The summed E-state index contributed by atoms with van der Waals surface area (Å²) in [5.41, 5.74) is 3.83. The van der Waals surface area contributed by atoms with Gasteiger partial charge in [0.15, 0.2) is 11.6 Å². The largest absolute Gasteiger partial charge is 0.378 e. The van der Waals surface area contributed by atoms with Gasteiger partial charge in [-0.3, -0.25) is 9.71 Å². The summed E-state index contributed by atoms with van der Waals surface area (Å²) in [5, 5.41) is 5.50. The van der Waals surface area contributed by atoms with E-state index < -0.39 is 16.1 Å². The van der Waals surface area contributed by atoms with Crippen molar-refractivity contribution in [3.63, 3.8) is 0 Å². The molecule has 0 unspecified atom stereocenters. The number of amides is 2. The quantitative estimate of drug-likeness (QED) is 0.352. The second-order valence-corrected chi connectivity index (χ2v) is 10.2. The number of benzene rings is 2. The Hall–Kier alpha value is -4.29. The number of aromatic nitrogens is 3. The summed E-state index contributed by atoms with van der Waals surface area (Å²) in [6.45, 7) is 2.74. The second-order valence-electron chi connectivity index (χ2n) is 8.45. The van der Waals surface area contributed by atoms with Crippen LogP contribution >= 0.6 is 0 Å². The molecule has 0 spiro atoms. The molecular formula is C25H25N7O4S. The molecule has 1 saturated heterocycles. The molecule has 11 nitrogen and oxygen atoms in total. The van der Waals surface area contributed by atoms with E-state index in [1.807, 2.05) is 24.3 Å². The molecule has 1 fully saturated rings. The maximum Gasteiger partial charge on any atom is 0.323 e. The average molecular weight is 520 g/mol. The van der Waals surface area contributed by atoms with Crippen molar-refractivity contribution < 1.29 is 17.9 Å². The number of hydrogen-bond acceptors (Lipinski definition) is 8. The first kappa shape index (κ1) is 24.4. The number of nitrogens with zero attached hydrogens (tertiary/aromatic N) is 4. The van der Waals surface area contributed by atoms with Crippen LogP contribution in [0.15, 0.2) is 66.9 Å². The Bertz CT molecular complexity index is 1520. The Labute approximate surface area is 214 Å². The van der Waals surface area contributed by atoms with Gasteiger partial charge in [0.05, 0.1) is 25.0 Å². The fraction of sp³-hybridized carbons (Fsp3) is 0.200. The highest BCUT2D eigenvalue weighted by atomic mass is 32.2. The normalized spacial score (nSPS) is 13.8. The minimum absolute atomic E-state index is 0.410. The number of rotatable bonds is 6. The van der Waals surface area contributed by atoms with Crippen molar-refractivity contribution in [2.45, 2.75) is 0 Å². The van der Waals surface area contributed by atoms with E-state index in [4.69, 9.17) is 14.7 Å². The van der Waals surface area contributed by atoms with E-state index in [0.717, 1.165) is 41.8 Å². The Morgan fingerprint density at radius 2 is 1.51 bits per heavy atom. The topological polar surface area (TPSA) is 138 Å². The van der Waals surface area contributed by atoms with Crippen molar-refractivity contribution in [2.24, 2.45) is 0 Å². The fourth-order valence-electron chi connectivity index (χ4n) is 3.91. The molecule has 1 aliphatic rings. The highest BCUT2D eigenvalue weighted by molar-refractivity contribution is 7.92. The molecule has 0 saturated carbocycles. The molecule has 0 radical (unpaired) electrons. The number of fused-ring (bicyclic) bond motifs is 1. The van der Waals surface area contributed by atoms with Gasteiger partial charge in [0.1, 0.15) is 5.52 Å². The van der Waals surface area contributed by atoms with Crippen LogP contribution in [0, 0.1) is 0 Å². The number of carbonyl (C=O) groups is 1. The van der Waals surface area contributed by atoms with Gasteiger partial charge in [0.2, 0.25) is 10.0 Å².